The van der Waals surface area contributed by atoms with Crippen molar-refractivity contribution in [1.82, 2.24) is 4.90 Å². The number of ether oxygens (including phenoxy) is 1. The molecule has 1 aliphatic heterocycles. The monoisotopic (exact) mass is 457 g/mol. The summed E-state index contributed by atoms with van der Waals surface area (Å²) in [6, 6.07) is 21.7. The zero-order valence-corrected chi connectivity index (χ0v) is 19.3. The van der Waals surface area contributed by atoms with Crippen LogP contribution < -0.4 is 4.74 Å². The molecule has 34 heavy (non-hydrogen) atoms. The van der Waals surface area contributed by atoms with Crippen molar-refractivity contribution in [2.45, 2.75) is 31.8 Å². The van der Waals surface area contributed by atoms with Gasteiger partial charge in [0.25, 0.3) is 0 Å². The maximum absolute atomic E-state index is 10.5. The van der Waals surface area contributed by atoms with E-state index < -0.39 is 6.10 Å². The summed E-state index contributed by atoms with van der Waals surface area (Å²) in [6.45, 7) is 2.34. The van der Waals surface area contributed by atoms with E-state index in [1.54, 1.807) is 0 Å². The van der Waals surface area contributed by atoms with Gasteiger partial charge in [0.1, 0.15) is 18.5 Å². The molecular weight excluding hydrogens is 426 g/mol. The van der Waals surface area contributed by atoms with Gasteiger partial charge in [-0.15, -0.1) is 0 Å². The first-order valence-electron chi connectivity index (χ1n) is 12.0. The van der Waals surface area contributed by atoms with Crippen LogP contribution in [0.1, 0.15) is 35.1 Å². The van der Waals surface area contributed by atoms with Gasteiger partial charge >= 0.3 is 0 Å². The molecule has 0 radical (unpaired) electrons. The lowest BCUT2D eigenvalue weighted by Gasteiger charge is -2.31. The third-order valence-corrected chi connectivity index (χ3v) is 6.89. The lowest BCUT2D eigenvalue weighted by atomic mass is 9.86. The van der Waals surface area contributed by atoms with Gasteiger partial charge in [-0.3, -0.25) is 4.90 Å². The molecule has 1 unspecified atom stereocenters. The Bertz CT molecular complexity index is 1140. The highest BCUT2D eigenvalue weighted by Crippen LogP contribution is 2.38. The van der Waals surface area contributed by atoms with Crippen molar-refractivity contribution in [1.29, 1.82) is 0 Å². The average molecular weight is 458 g/mol. The molecule has 0 amide bonds. The van der Waals surface area contributed by atoms with Crippen molar-refractivity contribution in [2.75, 3.05) is 26.2 Å². The number of β-amino-alcohol motifs (C(OH)–C–C–N with tert-alkyl or cyclic N) is 1. The molecule has 176 valence electrons. The Morgan fingerprint density at radius 3 is 2.06 bits per heavy atom. The number of phenolic OH excluding ortho intramolecular Hbond substituents is 2. The molecule has 0 saturated carbocycles. The normalized spacial score (nSPS) is 17.0. The maximum Gasteiger partial charge on any atom is 0.164 e. The van der Waals surface area contributed by atoms with Crippen molar-refractivity contribution >= 4 is 5.57 Å². The highest BCUT2D eigenvalue weighted by molar-refractivity contribution is 5.86. The molecule has 2 aliphatic rings. The summed E-state index contributed by atoms with van der Waals surface area (Å²) in [7, 11) is 0. The van der Waals surface area contributed by atoms with E-state index in [4.69, 9.17) is 4.74 Å². The van der Waals surface area contributed by atoms with Crippen molar-refractivity contribution in [3.8, 4) is 17.2 Å². The number of aromatic hydroxyl groups is 2. The number of piperidine rings is 1. The highest BCUT2D eigenvalue weighted by Gasteiger charge is 2.24. The minimum absolute atomic E-state index is 0.0144. The first-order valence-corrected chi connectivity index (χ1v) is 12.0. The molecule has 1 aliphatic carbocycles. The van der Waals surface area contributed by atoms with Crippen LogP contribution in [0.25, 0.3) is 5.57 Å². The van der Waals surface area contributed by atoms with E-state index in [9.17, 15) is 15.3 Å². The van der Waals surface area contributed by atoms with Gasteiger partial charge in [0, 0.05) is 25.7 Å². The van der Waals surface area contributed by atoms with Crippen molar-refractivity contribution in [2.24, 2.45) is 0 Å². The van der Waals surface area contributed by atoms with Gasteiger partial charge < -0.3 is 20.1 Å². The third-order valence-electron chi connectivity index (χ3n) is 6.89. The van der Waals surface area contributed by atoms with Gasteiger partial charge in [0.2, 0.25) is 0 Å². The van der Waals surface area contributed by atoms with E-state index in [1.807, 2.05) is 0 Å². The second kappa shape index (κ2) is 9.92. The van der Waals surface area contributed by atoms with E-state index >= 15 is 0 Å². The molecule has 1 atom stereocenters. The van der Waals surface area contributed by atoms with Crippen LogP contribution in [0.5, 0.6) is 17.2 Å². The first kappa shape index (κ1) is 22.5. The number of hydrogen-bond donors (Lipinski definition) is 3. The first-order chi connectivity index (χ1) is 16.6. The van der Waals surface area contributed by atoms with Gasteiger partial charge in [-0.25, -0.2) is 0 Å². The third kappa shape index (κ3) is 4.81. The number of rotatable bonds is 5. The average Bonchev–Trinajstić information content (AvgIpc) is 3.02. The second-order valence-electron chi connectivity index (χ2n) is 9.21. The minimum atomic E-state index is -0.685. The maximum atomic E-state index is 10.5. The van der Waals surface area contributed by atoms with E-state index in [2.05, 4.69) is 53.4 Å². The second-order valence-corrected chi connectivity index (χ2v) is 9.21. The Hall–Kier alpha value is -3.28. The Morgan fingerprint density at radius 2 is 1.41 bits per heavy atom. The fraction of sp³-hybridized carbons (Fsp3) is 0.310. The highest BCUT2D eigenvalue weighted by atomic mass is 16.5. The summed E-state index contributed by atoms with van der Waals surface area (Å²) in [5, 5.41) is 29.9. The van der Waals surface area contributed by atoms with E-state index in [0.29, 0.717) is 6.54 Å². The number of fused-ring (bicyclic) bond motifs is 2. The molecule has 3 N–H and O–H groups in total. The molecule has 0 spiro atoms. The molecule has 0 aromatic heterocycles. The fourth-order valence-corrected chi connectivity index (χ4v) is 5.17. The van der Waals surface area contributed by atoms with Crippen LogP contribution in [0.4, 0.5) is 0 Å². The molecular formula is C29H31NO4. The summed E-state index contributed by atoms with van der Waals surface area (Å²) in [4.78, 5) is 2.27. The standard InChI is InChI=1S/C29H31NO4/c31-23-11-12-27(33)28(17-23)34-19-24(32)18-30-15-13-22(14-16-30)29-25-7-3-1-5-20(25)9-10-21-6-2-4-8-26(21)29/h1-8,11-12,17,24,31-33H,9-10,13-16,18-19H2. The van der Waals surface area contributed by atoms with Gasteiger partial charge in [-0.05, 0) is 65.6 Å². The quantitative estimate of drug-likeness (QED) is 0.491. The molecule has 5 rings (SSSR count). The lowest BCUT2D eigenvalue weighted by molar-refractivity contribution is 0.0646. The van der Waals surface area contributed by atoms with Gasteiger partial charge in [0.15, 0.2) is 11.5 Å². The molecule has 0 bridgehead atoms. The summed E-state index contributed by atoms with van der Waals surface area (Å²) in [6.07, 6.45) is 3.39. The van der Waals surface area contributed by atoms with Crippen LogP contribution in [0, 0.1) is 0 Å². The van der Waals surface area contributed by atoms with Crippen LogP contribution >= 0.6 is 0 Å². The Balaban J connectivity index is 1.28. The van der Waals surface area contributed by atoms with E-state index in [-0.39, 0.29) is 23.9 Å². The van der Waals surface area contributed by atoms with Crippen molar-refractivity contribution < 1.29 is 20.1 Å². The van der Waals surface area contributed by atoms with Crippen molar-refractivity contribution in [3.05, 3.63) is 94.6 Å². The number of aryl methyl sites for hydroxylation is 2. The van der Waals surface area contributed by atoms with E-state index in [0.717, 1.165) is 38.8 Å². The molecule has 1 fully saturated rings. The predicted octanol–water partition coefficient (Wildman–Crippen LogP) is 4.53. The number of nitrogens with zero attached hydrogens (tertiary/aromatic N) is 1. The molecule has 5 nitrogen and oxygen atoms in total. The van der Waals surface area contributed by atoms with Crippen LogP contribution in [-0.4, -0.2) is 52.6 Å². The van der Waals surface area contributed by atoms with Crippen LogP contribution in [-0.2, 0) is 12.8 Å². The summed E-state index contributed by atoms with van der Waals surface area (Å²) in [5.41, 5.74) is 8.49. The number of aliphatic hydroxyl groups excluding tert-OH is 1. The predicted molar refractivity (Wildman–Crippen MR) is 133 cm³/mol. The molecule has 5 heteroatoms. The summed E-state index contributed by atoms with van der Waals surface area (Å²) < 4.78 is 5.53. The Morgan fingerprint density at radius 1 is 0.794 bits per heavy atom. The number of likely N-dealkylation sites (tertiary alicyclic amines) is 1. The molecule has 3 aromatic carbocycles. The van der Waals surface area contributed by atoms with Crippen LogP contribution in [0.2, 0.25) is 0 Å². The SMILES string of the molecule is Oc1ccc(O)c(OCC(O)CN2CCC(=C3c4ccccc4CCc4ccccc43)CC2)c1. The minimum Gasteiger partial charge on any atom is -0.508 e. The summed E-state index contributed by atoms with van der Waals surface area (Å²) >= 11 is 0. The lowest BCUT2D eigenvalue weighted by Crippen LogP contribution is -2.39. The fourth-order valence-electron chi connectivity index (χ4n) is 5.17. The van der Waals surface area contributed by atoms with Gasteiger partial charge in [-0.2, -0.15) is 0 Å². The number of hydrogen-bond acceptors (Lipinski definition) is 5. The Kier molecular flexibility index (Phi) is 6.57. The molecule has 1 heterocycles. The number of phenols is 2. The Labute approximate surface area is 200 Å². The van der Waals surface area contributed by atoms with Crippen LogP contribution in [0.15, 0.2) is 72.3 Å². The zero-order valence-electron chi connectivity index (χ0n) is 19.3. The molecule has 1 saturated heterocycles. The van der Waals surface area contributed by atoms with Crippen LogP contribution in [0.3, 0.4) is 0 Å². The van der Waals surface area contributed by atoms with Gasteiger partial charge in [0.05, 0.1) is 0 Å². The number of aliphatic hydroxyl groups is 1. The molecule has 3 aromatic rings. The van der Waals surface area contributed by atoms with Gasteiger partial charge in [-0.1, -0.05) is 54.1 Å². The summed E-state index contributed by atoms with van der Waals surface area (Å²) in [5.74, 6) is 0.138. The smallest absolute Gasteiger partial charge is 0.164 e. The topological polar surface area (TPSA) is 73.2 Å². The van der Waals surface area contributed by atoms with Crippen molar-refractivity contribution in [3.63, 3.8) is 0 Å². The number of benzene rings is 3. The zero-order chi connectivity index (χ0) is 23.5. The largest absolute Gasteiger partial charge is 0.508 e. The van der Waals surface area contributed by atoms with E-state index in [1.165, 1.54) is 51.6 Å².